The molecule has 0 aliphatic heterocycles. The van der Waals surface area contributed by atoms with Gasteiger partial charge in [-0.05, 0) is 55.3 Å². The number of carbonyl (C=O) groups is 1. The van der Waals surface area contributed by atoms with Crippen LogP contribution in [0, 0.1) is 12.7 Å². The highest BCUT2D eigenvalue weighted by atomic mass is 32.2. The van der Waals surface area contributed by atoms with E-state index < -0.39 is 10.0 Å². The third kappa shape index (κ3) is 5.27. The lowest BCUT2D eigenvalue weighted by molar-refractivity contribution is -0.123. The number of sulfonamides is 1. The molecule has 1 amide bonds. The molecule has 1 N–H and O–H groups in total. The average molecular weight is 394 g/mol. The molecule has 0 fully saturated rings. The molecule has 27 heavy (non-hydrogen) atoms. The molecule has 0 saturated heterocycles. The Morgan fingerprint density at radius 3 is 2.37 bits per heavy atom. The molecule has 0 spiro atoms. The first-order chi connectivity index (χ1) is 12.6. The summed E-state index contributed by atoms with van der Waals surface area (Å²) in [6.45, 7) is 3.28. The van der Waals surface area contributed by atoms with Crippen LogP contribution in [-0.4, -0.2) is 39.3 Å². The fourth-order valence-electron chi connectivity index (χ4n) is 2.42. The molecule has 0 aliphatic carbocycles. The van der Waals surface area contributed by atoms with Crippen molar-refractivity contribution in [2.24, 2.45) is 0 Å². The van der Waals surface area contributed by atoms with Crippen LogP contribution in [0.4, 0.5) is 4.39 Å². The predicted octanol–water partition coefficient (Wildman–Crippen LogP) is 2.64. The minimum absolute atomic E-state index is 0.159. The summed E-state index contributed by atoms with van der Waals surface area (Å²) in [7, 11) is -0.605. The van der Waals surface area contributed by atoms with E-state index in [0.717, 1.165) is 9.87 Å². The topological polar surface area (TPSA) is 75.7 Å². The van der Waals surface area contributed by atoms with E-state index in [1.54, 1.807) is 26.0 Å². The van der Waals surface area contributed by atoms with Gasteiger partial charge in [-0.2, -0.15) is 0 Å². The molecule has 0 aromatic heterocycles. The number of nitrogens with zero attached hydrogens (tertiary/aromatic N) is 1. The number of aryl methyl sites for hydroxylation is 1. The first-order valence-corrected chi connectivity index (χ1v) is 9.76. The van der Waals surface area contributed by atoms with Crippen molar-refractivity contribution >= 4 is 15.9 Å². The molecule has 1 atom stereocenters. The van der Waals surface area contributed by atoms with Gasteiger partial charge < -0.3 is 10.1 Å². The van der Waals surface area contributed by atoms with Gasteiger partial charge in [-0.3, -0.25) is 4.79 Å². The Hall–Kier alpha value is -2.45. The van der Waals surface area contributed by atoms with E-state index in [9.17, 15) is 17.6 Å². The first-order valence-electron chi connectivity index (χ1n) is 8.32. The number of nitrogens with one attached hydrogen (secondary N) is 1. The normalized spacial score (nSPS) is 12.7. The summed E-state index contributed by atoms with van der Waals surface area (Å²) in [5.41, 5.74) is 1.39. The van der Waals surface area contributed by atoms with E-state index >= 15 is 0 Å². The maximum Gasteiger partial charge on any atom is 0.258 e. The molecule has 0 radical (unpaired) electrons. The summed E-state index contributed by atoms with van der Waals surface area (Å²) in [5, 5.41) is 2.77. The number of benzene rings is 2. The highest BCUT2D eigenvalue weighted by Crippen LogP contribution is 2.23. The van der Waals surface area contributed by atoms with Crippen molar-refractivity contribution in [3.8, 4) is 5.75 Å². The molecular weight excluding hydrogens is 371 g/mol. The van der Waals surface area contributed by atoms with Crippen molar-refractivity contribution in [1.82, 2.24) is 9.62 Å². The van der Waals surface area contributed by atoms with Crippen LogP contribution in [0.5, 0.6) is 5.75 Å². The Labute approximate surface area is 159 Å². The Balaban J connectivity index is 1.98. The predicted molar refractivity (Wildman–Crippen MR) is 101 cm³/mol. The number of ether oxygens (including phenoxy) is 1. The number of hydrogen-bond acceptors (Lipinski definition) is 4. The van der Waals surface area contributed by atoms with Crippen molar-refractivity contribution in [2.75, 3.05) is 20.7 Å². The zero-order valence-corrected chi connectivity index (χ0v) is 16.5. The minimum Gasteiger partial charge on any atom is -0.484 e. The molecule has 2 aromatic rings. The summed E-state index contributed by atoms with van der Waals surface area (Å²) in [5.74, 6) is -0.246. The molecular formula is C19H23FN2O4S. The van der Waals surface area contributed by atoms with Crippen LogP contribution in [0.25, 0.3) is 0 Å². The van der Waals surface area contributed by atoms with Crippen LogP contribution in [0.15, 0.2) is 47.4 Å². The van der Waals surface area contributed by atoms with Gasteiger partial charge in [0.25, 0.3) is 5.91 Å². The zero-order chi connectivity index (χ0) is 20.2. The second kappa shape index (κ2) is 8.49. The van der Waals surface area contributed by atoms with Crippen LogP contribution in [-0.2, 0) is 14.8 Å². The number of carbonyl (C=O) groups excluding carboxylic acids is 1. The van der Waals surface area contributed by atoms with Crippen molar-refractivity contribution in [3.63, 3.8) is 0 Å². The average Bonchev–Trinajstić information content (AvgIpc) is 2.60. The van der Waals surface area contributed by atoms with Crippen molar-refractivity contribution in [2.45, 2.75) is 24.8 Å². The van der Waals surface area contributed by atoms with Crippen LogP contribution < -0.4 is 10.1 Å². The van der Waals surface area contributed by atoms with Gasteiger partial charge in [0.05, 0.1) is 10.9 Å². The van der Waals surface area contributed by atoms with Gasteiger partial charge in [-0.1, -0.05) is 12.1 Å². The van der Waals surface area contributed by atoms with Gasteiger partial charge in [0, 0.05) is 14.1 Å². The van der Waals surface area contributed by atoms with Crippen LogP contribution in [0.3, 0.4) is 0 Å². The van der Waals surface area contributed by atoms with Crippen LogP contribution in [0.1, 0.15) is 24.1 Å². The summed E-state index contributed by atoms with van der Waals surface area (Å²) in [4.78, 5) is 12.2. The zero-order valence-electron chi connectivity index (χ0n) is 15.7. The number of rotatable bonds is 7. The van der Waals surface area contributed by atoms with Crippen molar-refractivity contribution in [3.05, 3.63) is 59.4 Å². The Morgan fingerprint density at radius 2 is 1.81 bits per heavy atom. The highest BCUT2D eigenvalue weighted by molar-refractivity contribution is 7.89. The maximum absolute atomic E-state index is 13.0. The van der Waals surface area contributed by atoms with E-state index in [0.29, 0.717) is 11.3 Å². The van der Waals surface area contributed by atoms with Gasteiger partial charge in [0.1, 0.15) is 11.6 Å². The van der Waals surface area contributed by atoms with Gasteiger partial charge in [-0.25, -0.2) is 17.1 Å². The molecule has 0 saturated carbocycles. The quantitative estimate of drug-likeness (QED) is 0.783. The molecule has 0 bridgehead atoms. The van der Waals surface area contributed by atoms with Crippen molar-refractivity contribution < 1.29 is 22.3 Å². The molecule has 2 aromatic carbocycles. The summed E-state index contributed by atoms with van der Waals surface area (Å²) in [6, 6.07) is 10.1. The highest BCUT2D eigenvalue weighted by Gasteiger charge is 2.18. The summed E-state index contributed by atoms with van der Waals surface area (Å²) >= 11 is 0. The molecule has 146 valence electrons. The SMILES string of the molecule is Cc1cc(S(=O)(=O)N(C)C)ccc1OCC(=O)NC(C)c1ccc(F)cc1. The largest absolute Gasteiger partial charge is 0.484 e. The second-order valence-electron chi connectivity index (χ2n) is 6.34. The van der Waals surface area contributed by atoms with Gasteiger partial charge in [0.15, 0.2) is 6.61 Å². The minimum atomic E-state index is -3.53. The molecule has 8 heteroatoms. The Kier molecular flexibility index (Phi) is 6.56. The van der Waals surface area contributed by atoms with Crippen molar-refractivity contribution in [1.29, 1.82) is 0 Å². The van der Waals surface area contributed by atoms with Crippen LogP contribution >= 0.6 is 0 Å². The van der Waals surface area contributed by atoms with E-state index in [4.69, 9.17) is 4.74 Å². The lowest BCUT2D eigenvalue weighted by Gasteiger charge is -2.16. The second-order valence-corrected chi connectivity index (χ2v) is 8.50. The van der Waals surface area contributed by atoms with E-state index in [2.05, 4.69) is 5.32 Å². The smallest absolute Gasteiger partial charge is 0.258 e. The van der Waals surface area contributed by atoms with Crippen LogP contribution in [0.2, 0.25) is 0 Å². The Bertz CT molecular complexity index is 912. The standard InChI is InChI=1S/C19H23FN2O4S/c1-13-11-17(27(24,25)22(3)4)9-10-18(13)26-12-19(23)21-14(2)15-5-7-16(20)8-6-15/h5-11,14H,12H2,1-4H3,(H,21,23). The molecule has 6 nitrogen and oxygen atoms in total. The van der Waals surface area contributed by atoms with E-state index in [-0.39, 0.29) is 29.3 Å². The third-order valence-corrected chi connectivity index (χ3v) is 5.84. The lowest BCUT2D eigenvalue weighted by atomic mass is 10.1. The molecule has 2 rings (SSSR count). The molecule has 0 heterocycles. The monoisotopic (exact) mass is 394 g/mol. The maximum atomic E-state index is 13.0. The fraction of sp³-hybridized carbons (Fsp3) is 0.316. The van der Waals surface area contributed by atoms with E-state index in [1.165, 1.54) is 44.4 Å². The fourth-order valence-corrected chi connectivity index (χ4v) is 3.40. The first kappa shape index (κ1) is 20.9. The number of amides is 1. The summed E-state index contributed by atoms with van der Waals surface area (Å²) in [6.07, 6.45) is 0. The third-order valence-electron chi connectivity index (χ3n) is 4.03. The molecule has 0 aliphatic rings. The number of hydrogen-bond donors (Lipinski definition) is 1. The van der Waals surface area contributed by atoms with Gasteiger partial charge in [-0.15, -0.1) is 0 Å². The van der Waals surface area contributed by atoms with Gasteiger partial charge in [0.2, 0.25) is 10.0 Å². The van der Waals surface area contributed by atoms with Gasteiger partial charge >= 0.3 is 0 Å². The summed E-state index contributed by atoms with van der Waals surface area (Å²) < 4.78 is 43.9. The Morgan fingerprint density at radius 1 is 1.19 bits per heavy atom. The molecule has 1 unspecified atom stereocenters. The van der Waals surface area contributed by atoms with E-state index in [1.807, 2.05) is 0 Å². The number of halogens is 1. The lowest BCUT2D eigenvalue weighted by Crippen LogP contribution is -2.31.